The van der Waals surface area contributed by atoms with E-state index in [4.69, 9.17) is 9.47 Å². The van der Waals surface area contributed by atoms with E-state index in [0.29, 0.717) is 27.6 Å². The van der Waals surface area contributed by atoms with E-state index in [0.717, 1.165) is 21.1 Å². The summed E-state index contributed by atoms with van der Waals surface area (Å²) in [6.07, 6.45) is 1.85. The molecule has 132 valence electrons. The van der Waals surface area contributed by atoms with Crippen LogP contribution in [0.1, 0.15) is 12.5 Å². The quantitative estimate of drug-likeness (QED) is 0.495. The maximum Gasteiger partial charge on any atom is 0.274 e. The molecule has 2 heterocycles. The highest BCUT2D eigenvalue weighted by Crippen LogP contribution is 2.34. The molecule has 26 heavy (non-hydrogen) atoms. The van der Waals surface area contributed by atoms with Crippen molar-refractivity contribution < 1.29 is 9.47 Å². The molecule has 0 amide bonds. The molecule has 0 aliphatic heterocycles. The van der Waals surface area contributed by atoms with E-state index in [9.17, 15) is 4.79 Å². The zero-order chi connectivity index (χ0) is 18.3. The summed E-state index contributed by atoms with van der Waals surface area (Å²) in [5.74, 6) is 1.29. The van der Waals surface area contributed by atoms with Crippen molar-refractivity contribution in [2.24, 2.45) is 0 Å². The number of imidazole rings is 1. The van der Waals surface area contributed by atoms with Crippen molar-refractivity contribution in [1.29, 1.82) is 0 Å². The maximum absolute atomic E-state index is 12.9. The van der Waals surface area contributed by atoms with Crippen LogP contribution in [-0.2, 0) is 0 Å². The predicted octanol–water partition coefficient (Wildman–Crippen LogP) is 3.63. The first-order chi connectivity index (χ1) is 12.6. The molecule has 0 spiro atoms. The number of thiazole rings is 1. The maximum atomic E-state index is 12.9. The first kappa shape index (κ1) is 17.1. The monoisotopic (exact) mass is 430 g/mol. The summed E-state index contributed by atoms with van der Waals surface area (Å²) in [7, 11) is 1.60. The average molecular weight is 431 g/mol. The van der Waals surface area contributed by atoms with E-state index in [1.54, 1.807) is 11.5 Å². The normalized spacial score (nSPS) is 12.2. The van der Waals surface area contributed by atoms with Crippen LogP contribution in [-0.4, -0.2) is 23.1 Å². The van der Waals surface area contributed by atoms with E-state index in [-0.39, 0.29) is 5.56 Å². The first-order valence-corrected chi connectivity index (χ1v) is 9.65. The molecule has 0 bridgehead atoms. The first-order valence-electron chi connectivity index (χ1n) is 8.04. The van der Waals surface area contributed by atoms with Crippen LogP contribution in [0.3, 0.4) is 0 Å². The molecule has 4 rings (SSSR count). The number of methoxy groups -OCH3 is 1. The second-order valence-corrected chi connectivity index (χ2v) is 7.46. The number of rotatable bonds is 4. The van der Waals surface area contributed by atoms with Gasteiger partial charge in [0.25, 0.3) is 5.56 Å². The Balaban J connectivity index is 1.91. The molecule has 4 aromatic rings. The van der Waals surface area contributed by atoms with Gasteiger partial charge in [0, 0.05) is 4.47 Å². The largest absolute Gasteiger partial charge is 0.493 e. The van der Waals surface area contributed by atoms with Crippen LogP contribution in [0.15, 0.2) is 45.7 Å². The predicted molar refractivity (Wildman–Crippen MR) is 107 cm³/mol. The van der Waals surface area contributed by atoms with Crippen molar-refractivity contribution in [1.82, 2.24) is 9.38 Å². The molecule has 2 aromatic heterocycles. The van der Waals surface area contributed by atoms with Gasteiger partial charge in [-0.3, -0.25) is 4.79 Å². The molecule has 5 nitrogen and oxygen atoms in total. The third kappa shape index (κ3) is 2.77. The molecule has 0 aliphatic rings. The SMILES string of the molecule is CCOc1cc(Br)c(C=c2sc3nc4ccccc4n3c2=O)cc1OC. The Kier molecular flexibility index (Phi) is 4.42. The van der Waals surface area contributed by atoms with Crippen LogP contribution in [0, 0.1) is 0 Å². The molecular weight excluding hydrogens is 416 g/mol. The minimum atomic E-state index is -0.0709. The summed E-state index contributed by atoms with van der Waals surface area (Å²) >= 11 is 4.92. The van der Waals surface area contributed by atoms with Gasteiger partial charge in [-0.05, 0) is 42.8 Å². The Bertz CT molecular complexity index is 1230. The molecule has 0 fully saturated rings. The van der Waals surface area contributed by atoms with Crippen molar-refractivity contribution in [2.75, 3.05) is 13.7 Å². The van der Waals surface area contributed by atoms with Crippen LogP contribution in [0.2, 0.25) is 0 Å². The lowest BCUT2D eigenvalue weighted by Crippen LogP contribution is -2.22. The minimum absolute atomic E-state index is 0.0709. The summed E-state index contributed by atoms with van der Waals surface area (Å²) in [4.78, 5) is 18.1. The second kappa shape index (κ2) is 6.74. The van der Waals surface area contributed by atoms with Gasteiger partial charge in [0.2, 0.25) is 0 Å². The van der Waals surface area contributed by atoms with E-state index in [1.807, 2.05) is 49.4 Å². The van der Waals surface area contributed by atoms with Crippen molar-refractivity contribution in [3.8, 4) is 11.5 Å². The number of halogens is 1. The van der Waals surface area contributed by atoms with Gasteiger partial charge in [0.15, 0.2) is 16.5 Å². The average Bonchev–Trinajstić information content (AvgIpc) is 3.14. The molecule has 0 saturated heterocycles. The van der Waals surface area contributed by atoms with Crippen molar-refractivity contribution in [3.63, 3.8) is 0 Å². The van der Waals surface area contributed by atoms with E-state index >= 15 is 0 Å². The third-order valence-corrected chi connectivity index (χ3v) is 5.67. The zero-order valence-electron chi connectivity index (χ0n) is 14.2. The summed E-state index contributed by atoms with van der Waals surface area (Å²) in [5.41, 5.74) is 2.42. The molecule has 0 N–H and O–H groups in total. The molecular formula is C19H15BrN2O3S. The number of fused-ring (bicyclic) bond motifs is 3. The second-order valence-electron chi connectivity index (χ2n) is 5.59. The van der Waals surface area contributed by atoms with Crippen LogP contribution in [0.5, 0.6) is 11.5 Å². The van der Waals surface area contributed by atoms with Crippen LogP contribution >= 0.6 is 27.3 Å². The summed E-state index contributed by atoms with van der Waals surface area (Å²) in [6, 6.07) is 11.3. The lowest BCUT2D eigenvalue weighted by Gasteiger charge is -2.11. The summed E-state index contributed by atoms with van der Waals surface area (Å²) in [6.45, 7) is 2.47. The zero-order valence-corrected chi connectivity index (χ0v) is 16.6. The Labute approximate surface area is 161 Å². The van der Waals surface area contributed by atoms with Gasteiger partial charge in [0.1, 0.15) is 0 Å². The van der Waals surface area contributed by atoms with Crippen LogP contribution in [0.4, 0.5) is 0 Å². The fourth-order valence-corrected chi connectivity index (χ4v) is 4.26. The molecule has 7 heteroatoms. The number of hydrogen-bond donors (Lipinski definition) is 0. The highest BCUT2D eigenvalue weighted by Gasteiger charge is 2.12. The lowest BCUT2D eigenvalue weighted by molar-refractivity contribution is 0.310. The Hall–Kier alpha value is -2.38. The van der Waals surface area contributed by atoms with Gasteiger partial charge in [-0.1, -0.05) is 39.4 Å². The van der Waals surface area contributed by atoms with Gasteiger partial charge >= 0.3 is 0 Å². The molecule has 0 atom stereocenters. The number of hydrogen-bond acceptors (Lipinski definition) is 5. The smallest absolute Gasteiger partial charge is 0.274 e. The number of nitrogens with zero attached hydrogens (tertiary/aromatic N) is 2. The van der Waals surface area contributed by atoms with Crippen molar-refractivity contribution in [2.45, 2.75) is 6.92 Å². The third-order valence-electron chi connectivity index (χ3n) is 4.01. The van der Waals surface area contributed by atoms with Gasteiger partial charge in [0.05, 0.1) is 29.3 Å². The number of ether oxygens (including phenoxy) is 2. The minimum Gasteiger partial charge on any atom is -0.493 e. The summed E-state index contributed by atoms with van der Waals surface area (Å²) in [5, 5.41) is 0. The highest BCUT2D eigenvalue weighted by atomic mass is 79.9. The molecule has 0 radical (unpaired) electrons. The lowest BCUT2D eigenvalue weighted by atomic mass is 10.2. The molecule has 2 aromatic carbocycles. The number of para-hydroxylation sites is 2. The van der Waals surface area contributed by atoms with Crippen molar-refractivity contribution >= 4 is 49.3 Å². The van der Waals surface area contributed by atoms with Gasteiger partial charge in [-0.25, -0.2) is 9.38 Å². The molecule has 0 aliphatic carbocycles. The topological polar surface area (TPSA) is 52.8 Å². The van der Waals surface area contributed by atoms with Gasteiger partial charge < -0.3 is 9.47 Å². The van der Waals surface area contributed by atoms with Crippen molar-refractivity contribution in [3.05, 3.63) is 61.3 Å². The number of aromatic nitrogens is 2. The highest BCUT2D eigenvalue weighted by molar-refractivity contribution is 9.10. The Morgan fingerprint density at radius 2 is 2.08 bits per heavy atom. The Morgan fingerprint density at radius 3 is 2.85 bits per heavy atom. The molecule has 0 saturated carbocycles. The van der Waals surface area contributed by atoms with Gasteiger partial charge in [-0.2, -0.15) is 0 Å². The standard InChI is InChI=1S/C19H15BrN2O3S/c1-3-25-16-10-12(20)11(8-15(16)24-2)9-17-18(23)22-14-7-5-4-6-13(14)21-19(22)26-17/h4-10H,3H2,1-2H3. The van der Waals surface area contributed by atoms with E-state index < -0.39 is 0 Å². The Morgan fingerprint density at radius 1 is 1.27 bits per heavy atom. The number of benzene rings is 2. The van der Waals surface area contributed by atoms with E-state index in [1.165, 1.54) is 11.3 Å². The van der Waals surface area contributed by atoms with E-state index in [2.05, 4.69) is 20.9 Å². The fraction of sp³-hybridized carbons (Fsp3) is 0.158. The van der Waals surface area contributed by atoms with Crippen LogP contribution in [0.25, 0.3) is 22.1 Å². The van der Waals surface area contributed by atoms with Crippen LogP contribution < -0.4 is 19.6 Å². The van der Waals surface area contributed by atoms with Gasteiger partial charge in [-0.15, -0.1) is 0 Å². The summed E-state index contributed by atoms with van der Waals surface area (Å²) < 4.78 is 14.1. The molecule has 0 unspecified atom stereocenters. The fourth-order valence-electron chi connectivity index (χ4n) is 2.84.